The first-order valence-electron chi connectivity index (χ1n) is 5.97. The van der Waals surface area contributed by atoms with Crippen molar-refractivity contribution in [1.82, 2.24) is 0 Å². The molecule has 1 aliphatic carbocycles. The molecular weight excluding hydrogens is 192 g/mol. The Kier molecular flexibility index (Phi) is 2.28. The van der Waals surface area contributed by atoms with Gasteiger partial charge in [0.1, 0.15) is 0 Å². The summed E-state index contributed by atoms with van der Waals surface area (Å²) < 4.78 is 0. The van der Waals surface area contributed by atoms with Crippen LogP contribution in [0, 0.1) is 6.92 Å². The monoisotopic (exact) mass is 208 g/mol. The van der Waals surface area contributed by atoms with Gasteiger partial charge in [0.15, 0.2) is 0 Å². The molecule has 1 aliphatic rings. The van der Waals surface area contributed by atoms with Crippen LogP contribution in [0.4, 0.5) is 0 Å². The number of rotatable bonds is 2. The molecule has 0 heterocycles. The minimum Gasteiger partial charge on any atom is -0.0622 e. The van der Waals surface area contributed by atoms with E-state index < -0.39 is 0 Å². The Labute approximate surface area is 96.9 Å². The van der Waals surface area contributed by atoms with Crippen molar-refractivity contribution in [2.75, 3.05) is 0 Å². The fourth-order valence-electron chi connectivity index (χ4n) is 2.61. The molecule has 0 heteroatoms. The number of aryl methyl sites for hydroxylation is 1. The highest BCUT2D eigenvalue weighted by Crippen LogP contribution is 2.55. The van der Waals surface area contributed by atoms with Crippen molar-refractivity contribution < 1.29 is 0 Å². The highest BCUT2D eigenvalue weighted by Gasteiger charge is 2.39. The van der Waals surface area contributed by atoms with Crippen LogP contribution in [-0.4, -0.2) is 0 Å². The predicted octanol–water partition coefficient (Wildman–Crippen LogP) is 4.27. The van der Waals surface area contributed by atoms with Crippen molar-refractivity contribution in [3.8, 4) is 0 Å². The van der Waals surface area contributed by atoms with Gasteiger partial charge in [-0.05, 0) is 41.9 Å². The van der Waals surface area contributed by atoms with Crippen LogP contribution >= 0.6 is 0 Å². The van der Waals surface area contributed by atoms with Crippen molar-refractivity contribution in [2.45, 2.75) is 25.2 Å². The largest absolute Gasteiger partial charge is 0.0622 e. The Balaban J connectivity index is 1.85. The molecule has 1 saturated carbocycles. The number of hydrogen-bond acceptors (Lipinski definition) is 0. The zero-order chi connectivity index (χ0) is 11.0. The summed E-state index contributed by atoms with van der Waals surface area (Å²) in [5.41, 5.74) is 4.47. The lowest BCUT2D eigenvalue weighted by Gasteiger charge is -2.04. The van der Waals surface area contributed by atoms with Gasteiger partial charge in [0.05, 0.1) is 0 Å². The van der Waals surface area contributed by atoms with Crippen LogP contribution in [0.25, 0.3) is 0 Å². The van der Waals surface area contributed by atoms with Gasteiger partial charge in [-0.15, -0.1) is 0 Å². The Bertz CT molecular complexity index is 484. The zero-order valence-electron chi connectivity index (χ0n) is 9.56. The zero-order valence-corrected chi connectivity index (χ0v) is 9.56. The fourth-order valence-corrected chi connectivity index (χ4v) is 2.61. The normalized spacial score (nSPS) is 23.1. The Morgan fingerprint density at radius 1 is 0.812 bits per heavy atom. The molecule has 0 saturated heterocycles. The van der Waals surface area contributed by atoms with E-state index in [0.29, 0.717) is 0 Å². The summed E-state index contributed by atoms with van der Waals surface area (Å²) in [6, 6.07) is 19.7. The van der Waals surface area contributed by atoms with E-state index in [1.54, 1.807) is 0 Å². The summed E-state index contributed by atoms with van der Waals surface area (Å²) in [7, 11) is 0. The molecule has 2 aromatic carbocycles. The van der Waals surface area contributed by atoms with Crippen LogP contribution in [0.15, 0.2) is 54.6 Å². The van der Waals surface area contributed by atoms with E-state index in [2.05, 4.69) is 61.5 Å². The summed E-state index contributed by atoms with van der Waals surface area (Å²) >= 11 is 0. The van der Waals surface area contributed by atoms with Gasteiger partial charge in [0.2, 0.25) is 0 Å². The molecular formula is C16H16. The molecule has 80 valence electrons. The van der Waals surface area contributed by atoms with E-state index in [-0.39, 0.29) is 0 Å². The van der Waals surface area contributed by atoms with Crippen molar-refractivity contribution in [1.29, 1.82) is 0 Å². The Morgan fingerprint density at radius 3 is 2.25 bits per heavy atom. The van der Waals surface area contributed by atoms with E-state index in [1.807, 2.05) is 0 Å². The van der Waals surface area contributed by atoms with Gasteiger partial charge in [-0.2, -0.15) is 0 Å². The lowest BCUT2D eigenvalue weighted by atomic mass is 10.0. The molecule has 2 aromatic rings. The molecule has 0 bridgehead atoms. The second-order valence-corrected chi connectivity index (χ2v) is 4.72. The van der Waals surface area contributed by atoms with Crippen molar-refractivity contribution in [2.24, 2.45) is 0 Å². The van der Waals surface area contributed by atoms with Gasteiger partial charge >= 0.3 is 0 Å². The van der Waals surface area contributed by atoms with E-state index in [9.17, 15) is 0 Å². The van der Waals surface area contributed by atoms with Crippen LogP contribution in [-0.2, 0) is 0 Å². The molecule has 0 aromatic heterocycles. The minimum absolute atomic E-state index is 0.752. The van der Waals surface area contributed by atoms with Crippen molar-refractivity contribution >= 4 is 0 Å². The summed E-state index contributed by atoms with van der Waals surface area (Å²) in [5.74, 6) is 1.51. The number of benzene rings is 2. The van der Waals surface area contributed by atoms with Gasteiger partial charge in [0, 0.05) is 0 Å². The highest BCUT2D eigenvalue weighted by molar-refractivity contribution is 5.39. The molecule has 0 nitrogen and oxygen atoms in total. The lowest BCUT2D eigenvalue weighted by molar-refractivity contribution is 1.01. The van der Waals surface area contributed by atoms with Gasteiger partial charge in [-0.25, -0.2) is 0 Å². The summed E-state index contributed by atoms with van der Waals surface area (Å²) in [4.78, 5) is 0. The molecule has 3 rings (SSSR count). The molecule has 16 heavy (non-hydrogen) atoms. The fraction of sp³-hybridized carbons (Fsp3) is 0.250. The Morgan fingerprint density at radius 2 is 1.50 bits per heavy atom. The minimum atomic E-state index is 0.752. The van der Waals surface area contributed by atoms with Crippen LogP contribution in [0.2, 0.25) is 0 Å². The third-order valence-corrected chi connectivity index (χ3v) is 3.61. The molecule has 0 N–H and O–H groups in total. The van der Waals surface area contributed by atoms with Crippen LogP contribution in [0.3, 0.4) is 0 Å². The van der Waals surface area contributed by atoms with E-state index >= 15 is 0 Å². The first kappa shape index (κ1) is 9.65. The molecule has 0 aliphatic heterocycles. The van der Waals surface area contributed by atoms with Crippen molar-refractivity contribution in [3.05, 3.63) is 71.3 Å². The predicted molar refractivity (Wildman–Crippen MR) is 67.7 cm³/mol. The molecule has 0 unspecified atom stereocenters. The molecule has 1 fully saturated rings. The maximum Gasteiger partial charge on any atom is -0.00842 e. The topological polar surface area (TPSA) is 0 Å². The maximum absolute atomic E-state index is 2.28. The average Bonchev–Trinajstić information content (AvgIpc) is 3.11. The quantitative estimate of drug-likeness (QED) is 0.691. The third-order valence-electron chi connectivity index (χ3n) is 3.61. The average molecular weight is 208 g/mol. The van der Waals surface area contributed by atoms with Crippen LogP contribution in [0.1, 0.15) is 34.9 Å². The molecule has 2 atom stereocenters. The van der Waals surface area contributed by atoms with Crippen LogP contribution in [0.5, 0.6) is 0 Å². The molecule has 0 radical (unpaired) electrons. The van der Waals surface area contributed by atoms with Gasteiger partial charge in [-0.3, -0.25) is 0 Å². The summed E-state index contributed by atoms with van der Waals surface area (Å²) in [6.45, 7) is 2.22. The standard InChI is InChI=1S/C16H16/c1-12-7-5-6-10-14(12)16-11-15(16)13-8-3-2-4-9-13/h2-10,15-16H,11H2,1H3/t15-,16-/m1/s1. The highest BCUT2D eigenvalue weighted by atomic mass is 14.4. The second-order valence-electron chi connectivity index (χ2n) is 4.72. The SMILES string of the molecule is Cc1ccccc1[C@H]1C[C@@H]1c1ccccc1. The smallest absolute Gasteiger partial charge is 0.00842 e. The summed E-state index contributed by atoms with van der Waals surface area (Å²) in [6.07, 6.45) is 1.31. The first-order chi connectivity index (χ1) is 7.86. The van der Waals surface area contributed by atoms with Crippen LogP contribution < -0.4 is 0 Å². The maximum atomic E-state index is 2.28. The Hall–Kier alpha value is -1.56. The second kappa shape index (κ2) is 3.79. The van der Waals surface area contributed by atoms with E-state index in [4.69, 9.17) is 0 Å². The third kappa shape index (κ3) is 1.65. The first-order valence-corrected chi connectivity index (χ1v) is 5.97. The van der Waals surface area contributed by atoms with Gasteiger partial charge in [0.25, 0.3) is 0 Å². The van der Waals surface area contributed by atoms with Gasteiger partial charge in [-0.1, -0.05) is 54.6 Å². The summed E-state index contributed by atoms with van der Waals surface area (Å²) in [5, 5.41) is 0. The molecule has 0 spiro atoms. The van der Waals surface area contributed by atoms with E-state index in [1.165, 1.54) is 23.1 Å². The van der Waals surface area contributed by atoms with Gasteiger partial charge < -0.3 is 0 Å². The lowest BCUT2D eigenvalue weighted by Crippen LogP contribution is -1.87. The molecule has 0 amide bonds. The van der Waals surface area contributed by atoms with E-state index in [0.717, 1.165) is 11.8 Å². The van der Waals surface area contributed by atoms with Crippen molar-refractivity contribution in [3.63, 3.8) is 0 Å². The number of hydrogen-bond donors (Lipinski definition) is 0.